The highest BCUT2D eigenvalue weighted by molar-refractivity contribution is 6.15. The molecule has 2 N–H and O–H groups in total. The average molecular weight is 361 g/mol. The molecule has 0 saturated heterocycles. The quantitative estimate of drug-likeness (QED) is 0.560. The van der Waals surface area contributed by atoms with Crippen LogP contribution in [-0.2, 0) is 0 Å². The van der Waals surface area contributed by atoms with Crippen molar-refractivity contribution in [3.63, 3.8) is 0 Å². The Morgan fingerprint density at radius 1 is 0.880 bits per heavy atom. The second kappa shape index (κ2) is 10.6. The van der Waals surface area contributed by atoms with E-state index < -0.39 is 0 Å². The number of hydrogen-bond acceptors (Lipinski definition) is 3. The molecule has 4 nitrogen and oxygen atoms in total. The molecule has 0 atom stereocenters. The van der Waals surface area contributed by atoms with E-state index in [0.29, 0.717) is 29.8 Å². The third-order valence-corrected chi connectivity index (χ3v) is 3.74. The summed E-state index contributed by atoms with van der Waals surface area (Å²) in [6.07, 6.45) is 1.06. The largest absolute Gasteiger partial charge is 0.351 e. The zero-order valence-corrected chi connectivity index (χ0v) is 15.5. The van der Waals surface area contributed by atoms with Crippen LogP contribution in [0.15, 0.2) is 48.5 Å². The van der Waals surface area contributed by atoms with E-state index in [2.05, 4.69) is 17.6 Å². The molecule has 0 aromatic heterocycles. The van der Waals surface area contributed by atoms with E-state index in [1.165, 1.54) is 0 Å². The minimum absolute atomic E-state index is 0. The fraction of sp³-hybridized carbons (Fsp3) is 0.300. The molecule has 0 aliphatic rings. The van der Waals surface area contributed by atoms with Gasteiger partial charge in [-0.2, -0.15) is 0 Å². The van der Waals surface area contributed by atoms with Gasteiger partial charge in [0.25, 0.3) is 5.91 Å². The molecule has 1 amide bonds. The van der Waals surface area contributed by atoms with Crippen molar-refractivity contribution in [1.29, 1.82) is 0 Å². The molecule has 0 aliphatic heterocycles. The smallest absolute Gasteiger partial charge is 0.252 e. The summed E-state index contributed by atoms with van der Waals surface area (Å²) < 4.78 is 0. The highest BCUT2D eigenvalue weighted by Gasteiger charge is 2.17. The number of ketones is 1. The Labute approximate surface area is 155 Å². The number of rotatable bonds is 8. The van der Waals surface area contributed by atoms with E-state index in [4.69, 9.17) is 0 Å². The van der Waals surface area contributed by atoms with Gasteiger partial charge in [-0.1, -0.05) is 55.0 Å². The third-order valence-electron chi connectivity index (χ3n) is 3.74. The molecular weight excluding hydrogens is 336 g/mol. The molecule has 25 heavy (non-hydrogen) atoms. The van der Waals surface area contributed by atoms with Crippen molar-refractivity contribution in [3.05, 3.63) is 70.8 Å². The Kier molecular flexibility index (Phi) is 8.89. The van der Waals surface area contributed by atoms with Crippen LogP contribution in [0.4, 0.5) is 0 Å². The van der Waals surface area contributed by atoms with Crippen molar-refractivity contribution in [1.82, 2.24) is 10.6 Å². The molecule has 2 rings (SSSR count). The first kappa shape index (κ1) is 20.9. The lowest BCUT2D eigenvalue weighted by atomic mass is 9.97. The molecule has 0 radical (unpaired) electrons. The number of amides is 1. The molecule has 5 heteroatoms. The molecule has 0 saturated carbocycles. The second-order valence-corrected chi connectivity index (χ2v) is 5.75. The van der Waals surface area contributed by atoms with Crippen molar-refractivity contribution < 1.29 is 9.59 Å². The second-order valence-electron chi connectivity index (χ2n) is 5.75. The zero-order chi connectivity index (χ0) is 17.4. The van der Waals surface area contributed by atoms with Crippen LogP contribution in [0.1, 0.15) is 45.2 Å². The molecule has 2 aromatic carbocycles. The molecule has 0 aliphatic carbocycles. The van der Waals surface area contributed by atoms with Crippen molar-refractivity contribution in [2.45, 2.75) is 20.3 Å². The first-order chi connectivity index (χ1) is 11.6. The van der Waals surface area contributed by atoms with Crippen LogP contribution < -0.4 is 10.6 Å². The van der Waals surface area contributed by atoms with Crippen LogP contribution in [0.2, 0.25) is 0 Å². The molecule has 0 unspecified atom stereocenters. The standard InChI is InChI=1S/C20H24N2O2.ClH/c1-3-12-21-13-14-22-20(24)18-7-5-4-6-17(18)19(23)16-10-8-15(2)9-11-16;/h4-11,21H,3,12-14H2,1-2H3,(H,22,24);1H. The van der Waals surface area contributed by atoms with Crippen molar-refractivity contribution in [2.24, 2.45) is 0 Å². The molecule has 0 bridgehead atoms. The highest BCUT2D eigenvalue weighted by Crippen LogP contribution is 2.15. The summed E-state index contributed by atoms with van der Waals surface area (Å²) in [5.41, 5.74) is 2.53. The maximum absolute atomic E-state index is 12.7. The van der Waals surface area contributed by atoms with Crippen molar-refractivity contribution in [2.75, 3.05) is 19.6 Å². The molecule has 0 fully saturated rings. The van der Waals surface area contributed by atoms with Gasteiger partial charge in [0.05, 0.1) is 5.56 Å². The van der Waals surface area contributed by atoms with Gasteiger partial charge in [-0.05, 0) is 26.0 Å². The maximum atomic E-state index is 12.7. The minimum atomic E-state index is -0.218. The van der Waals surface area contributed by atoms with Gasteiger partial charge in [0, 0.05) is 24.2 Å². The lowest BCUT2D eigenvalue weighted by Gasteiger charge is -2.10. The van der Waals surface area contributed by atoms with Crippen LogP contribution in [-0.4, -0.2) is 31.3 Å². The lowest BCUT2D eigenvalue weighted by molar-refractivity contribution is 0.0942. The molecule has 134 valence electrons. The van der Waals surface area contributed by atoms with Gasteiger partial charge < -0.3 is 10.6 Å². The summed E-state index contributed by atoms with van der Waals surface area (Å²) in [6, 6.07) is 14.3. The maximum Gasteiger partial charge on any atom is 0.252 e. The number of nitrogens with one attached hydrogen (secondary N) is 2. The van der Waals surface area contributed by atoms with Gasteiger partial charge in [-0.15, -0.1) is 12.4 Å². The normalized spacial score (nSPS) is 10.0. The summed E-state index contributed by atoms with van der Waals surface area (Å²) in [5.74, 6) is -0.353. The highest BCUT2D eigenvalue weighted by atomic mass is 35.5. The van der Waals surface area contributed by atoms with Crippen LogP contribution in [0.5, 0.6) is 0 Å². The third kappa shape index (κ3) is 6.00. The predicted molar refractivity (Wildman–Crippen MR) is 104 cm³/mol. The Balaban J connectivity index is 0.00000312. The number of benzene rings is 2. The van der Waals surface area contributed by atoms with Crippen molar-refractivity contribution >= 4 is 24.1 Å². The van der Waals surface area contributed by atoms with Crippen LogP contribution in [0.3, 0.4) is 0 Å². The van der Waals surface area contributed by atoms with Crippen molar-refractivity contribution in [3.8, 4) is 0 Å². The predicted octanol–water partition coefficient (Wildman–Crippen LogP) is 3.38. The number of carbonyl (C=O) groups excluding carboxylic acids is 2. The number of aryl methyl sites for hydroxylation is 1. The van der Waals surface area contributed by atoms with E-state index in [9.17, 15) is 9.59 Å². The van der Waals surface area contributed by atoms with Gasteiger partial charge in [-0.25, -0.2) is 0 Å². The monoisotopic (exact) mass is 360 g/mol. The zero-order valence-electron chi connectivity index (χ0n) is 14.7. The average Bonchev–Trinajstić information content (AvgIpc) is 2.61. The number of carbonyl (C=O) groups is 2. The number of hydrogen-bond donors (Lipinski definition) is 2. The van der Waals surface area contributed by atoms with E-state index in [0.717, 1.165) is 18.5 Å². The Bertz CT molecular complexity index is 699. The van der Waals surface area contributed by atoms with Gasteiger partial charge in [0.15, 0.2) is 5.78 Å². The minimum Gasteiger partial charge on any atom is -0.351 e. The van der Waals surface area contributed by atoms with E-state index >= 15 is 0 Å². The van der Waals surface area contributed by atoms with Crippen LogP contribution in [0.25, 0.3) is 0 Å². The molecular formula is C20H25ClN2O2. The summed E-state index contributed by atoms with van der Waals surface area (Å²) in [7, 11) is 0. The van der Waals surface area contributed by atoms with Gasteiger partial charge in [0.1, 0.15) is 0 Å². The Morgan fingerprint density at radius 2 is 1.52 bits per heavy atom. The summed E-state index contributed by atoms with van der Waals surface area (Å²) in [4.78, 5) is 25.1. The van der Waals surface area contributed by atoms with E-state index in [1.807, 2.05) is 19.1 Å². The summed E-state index contributed by atoms with van der Waals surface area (Å²) in [5, 5.41) is 6.09. The molecule has 0 spiro atoms. The Hall–Kier alpha value is -2.17. The van der Waals surface area contributed by atoms with Crippen LogP contribution >= 0.6 is 12.4 Å². The van der Waals surface area contributed by atoms with Gasteiger partial charge in [0.2, 0.25) is 0 Å². The first-order valence-electron chi connectivity index (χ1n) is 8.32. The van der Waals surface area contributed by atoms with E-state index in [1.54, 1.807) is 36.4 Å². The fourth-order valence-corrected chi connectivity index (χ4v) is 2.40. The Morgan fingerprint density at radius 3 is 2.16 bits per heavy atom. The molecule has 0 heterocycles. The van der Waals surface area contributed by atoms with Gasteiger partial charge >= 0.3 is 0 Å². The fourth-order valence-electron chi connectivity index (χ4n) is 2.40. The summed E-state index contributed by atoms with van der Waals surface area (Å²) in [6.45, 7) is 6.25. The first-order valence-corrected chi connectivity index (χ1v) is 8.32. The lowest BCUT2D eigenvalue weighted by Crippen LogP contribution is -2.32. The molecule has 2 aromatic rings. The van der Waals surface area contributed by atoms with E-state index in [-0.39, 0.29) is 24.1 Å². The van der Waals surface area contributed by atoms with Gasteiger partial charge in [-0.3, -0.25) is 9.59 Å². The topological polar surface area (TPSA) is 58.2 Å². The van der Waals surface area contributed by atoms with Crippen LogP contribution in [0, 0.1) is 6.92 Å². The SMILES string of the molecule is CCCNCCNC(=O)c1ccccc1C(=O)c1ccc(C)cc1.Cl. The number of halogens is 1. The summed E-state index contributed by atoms with van der Waals surface area (Å²) >= 11 is 0.